The first-order chi connectivity index (χ1) is 8.07. The zero-order valence-electron chi connectivity index (χ0n) is 10.3. The van der Waals surface area contributed by atoms with E-state index in [0.29, 0.717) is 0 Å². The van der Waals surface area contributed by atoms with Crippen LogP contribution < -0.4 is 0 Å². The molecule has 90 valence electrons. The predicted molar refractivity (Wildman–Crippen MR) is 68.8 cm³/mol. The molecule has 2 rings (SSSR count). The highest BCUT2D eigenvalue weighted by molar-refractivity contribution is 7.98. The Morgan fingerprint density at radius 3 is 2.59 bits per heavy atom. The zero-order chi connectivity index (χ0) is 12.3. The van der Waals surface area contributed by atoms with Gasteiger partial charge in [0.15, 0.2) is 5.16 Å². The van der Waals surface area contributed by atoms with E-state index in [-0.39, 0.29) is 5.54 Å². The Morgan fingerprint density at radius 2 is 1.94 bits per heavy atom. The van der Waals surface area contributed by atoms with Crippen LogP contribution in [0.25, 0.3) is 0 Å². The SMILES string of the molecule is CC(C)(C)n1ncnc1SCc1ccncc1. The van der Waals surface area contributed by atoms with Crippen molar-refractivity contribution < 1.29 is 0 Å². The number of pyridine rings is 1. The summed E-state index contributed by atoms with van der Waals surface area (Å²) >= 11 is 1.70. The molecule has 0 unspecified atom stereocenters. The molecule has 2 aromatic rings. The van der Waals surface area contributed by atoms with Gasteiger partial charge in [-0.05, 0) is 38.5 Å². The molecule has 0 aliphatic heterocycles. The summed E-state index contributed by atoms with van der Waals surface area (Å²) in [5.74, 6) is 0.886. The fraction of sp³-hybridized carbons (Fsp3) is 0.417. The van der Waals surface area contributed by atoms with Crippen LogP contribution in [-0.2, 0) is 11.3 Å². The standard InChI is InChI=1S/C12H16N4S/c1-12(2,3)16-11(14-9-15-16)17-8-10-4-6-13-7-5-10/h4-7,9H,8H2,1-3H3. The Kier molecular flexibility index (Phi) is 3.47. The molecule has 4 nitrogen and oxygen atoms in total. The average molecular weight is 248 g/mol. The van der Waals surface area contributed by atoms with E-state index >= 15 is 0 Å². The van der Waals surface area contributed by atoms with Crippen LogP contribution in [-0.4, -0.2) is 19.7 Å². The van der Waals surface area contributed by atoms with Crippen molar-refractivity contribution in [2.45, 2.75) is 37.2 Å². The van der Waals surface area contributed by atoms with E-state index in [4.69, 9.17) is 0 Å². The van der Waals surface area contributed by atoms with Gasteiger partial charge < -0.3 is 0 Å². The number of hydrogen-bond acceptors (Lipinski definition) is 4. The van der Waals surface area contributed by atoms with E-state index in [1.807, 2.05) is 29.2 Å². The predicted octanol–water partition coefficient (Wildman–Crippen LogP) is 2.72. The lowest BCUT2D eigenvalue weighted by Gasteiger charge is -2.20. The second-order valence-corrected chi connectivity index (χ2v) is 5.71. The molecular formula is C12H16N4S. The van der Waals surface area contributed by atoms with Crippen molar-refractivity contribution in [3.05, 3.63) is 36.4 Å². The highest BCUT2D eigenvalue weighted by Crippen LogP contribution is 2.24. The molecule has 0 saturated heterocycles. The van der Waals surface area contributed by atoms with Crippen LogP contribution in [0.15, 0.2) is 36.0 Å². The summed E-state index contributed by atoms with van der Waals surface area (Å²) in [6.07, 6.45) is 5.23. The van der Waals surface area contributed by atoms with Crippen molar-refractivity contribution in [2.24, 2.45) is 0 Å². The Labute approximate surface area is 105 Å². The minimum Gasteiger partial charge on any atom is -0.265 e. The second-order valence-electron chi connectivity index (χ2n) is 4.77. The molecule has 0 bridgehead atoms. The fourth-order valence-corrected chi connectivity index (χ4v) is 2.47. The molecule has 0 N–H and O–H groups in total. The Bertz CT molecular complexity index is 473. The van der Waals surface area contributed by atoms with Gasteiger partial charge in [0.1, 0.15) is 6.33 Å². The first-order valence-electron chi connectivity index (χ1n) is 5.49. The lowest BCUT2D eigenvalue weighted by Crippen LogP contribution is -2.23. The molecule has 0 radical (unpaired) electrons. The lowest BCUT2D eigenvalue weighted by atomic mass is 10.1. The highest BCUT2D eigenvalue weighted by Gasteiger charge is 2.18. The Hall–Kier alpha value is -1.36. The van der Waals surface area contributed by atoms with Gasteiger partial charge in [-0.1, -0.05) is 11.8 Å². The van der Waals surface area contributed by atoms with E-state index in [1.54, 1.807) is 18.1 Å². The molecule has 0 aliphatic rings. The van der Waals surface area contributed by atoms with Crippen molar-refractivity contribution in [3.63, 3.8) is 0 Å². The van der Waals surface area contributed by atoms with Crippen LogP contribution in [0.5, 0.6) is 0 Å². The molecule has 17 heavy (non-hydrogen) atoms. The largest absolute Gasteiger partial charge is 0.265 e. The van der Waals surface area contributed by atoms with Crippen LogP contribution in [0.1, 0.15) is 26.3 Å². The van der Waals surface area contributed by atoms with E-state index in [0.717, 1.165) is 10.9 Å². The molecule has 0 spiro atoms. The smallest absolute Gasteiger partial charge is 0.186 e. The quantitative estimate of drug-likeness (QED) is 0.783. The molecule has 0 fully saturated rings. The summed E-state index contributed by atoms with van der Waals surface area (Å²) in [5, 5.41) is 5.23. The van der Waals surface area contributed by atoms with Gasteiger partial charge in [0.05, 0.1) is 5.54 Å². The van der Waals surface area contributed by atoms with Crippen molar-refractivity contribution in [2.75, 3.05) is 0 Å². The Morgan fingerprint density at radius 1 is 1.24 bits per heavy atom. The number of aromatic nitrogens is 4. The van der Waals surface area contributed by atoms with Crippen molar-refractivity contribution in [1.29, 1.82) is 0 Å². The Balaban J connectivity index is 2.08. The minimum absolute atomic E-state index is 0.0307. The molecule has 0 atom stereocenters. The van der Waals surface area contributed by atoms with Gasteiger partial charge in [0, 0.05) is 18.1 Å². The number of thioether (sulfide) groups is 1. The molecule has 0 aromatic carbocycles. The van der Waals surface area contributed by atoms with Gasteiger partial charge in [-0.2, -0.15) is 5.10 Å². The van der Waals surface area contributed by atoms with Crippen LogP contribution in [0, 0.1) is 0 Å². The van der Waals surface area contributed by atoms with Crippen molar-refractivity contribution in [1.82, 2.24) is 19.7 Å². The van der Waals surface area contributed by atoms with Gasteiger partial charge in [0.25, 0.3) is 0 Å². The first-order valence-corrected chi connectivity index (χ1v) is 6.48. The molecule has 0 aliphatic carbocycles. The number of hydrogen-bond donors (Lipinski definition) is 0. The number of nitrogens with zero attached hydrogens (tertiary/aromatic N) is 4. The molecule has 2 aromatic heterocycles. The summed E-state index contributed by atoms with van der Waals surface area (Å²) in [4.78, 5) is 8.30. The van der Waals surface area contributed by atoms with E-state index < -0.39 is 0 Å². The van der Waals surface area contributed by atoms with Gasteiger partial charge >= 0.3 is 0 Å². The molecule has 0 amide bonds. The van der Waals surface area contributed by atoms with Gasteiger partial charge in [-0.25, -0.2) is 9.67 Å². The molecule has 5 heteroatoms. The maximum Gasteiger partial charge on any atom is 0.186 e. The third-order valence-corrected chi connectivity index (χ3v) is 3.28. The zero-order valence-corrected chi connectivity index (χ0v) is 11.1. The summed E-state index contributed by atoms with van der Waals surface area (Å²) < 4.78 is 1.96. The van der Waals surface area contributed by atoms with Crippen LogP contribution >= 0.6 is 11.8 Å². The maximum atomic E-state index is 4.30. The monoisotopic (exact) mass is 248 g/mol. The van der Waals surface area contributed by atoms with Crippen molar-refractivity contribution in [3.8, 4) is 0 Å². The topological polar surface area (TPSA) is 43.6 Å². The summed E-state index contributed by atoms with van der Waals surface area (Å²) in [6.45, 7) is 6.37. The van der Waals surface area contributed by atoms with Crippen molar-refractivity contribution >= 4 is 11.8 Å². The van der Waals surface area contributed by atoms with Gasteiger partial charge in [-0.15, -0.1) is 0 Å². The molecule has 2 heterocycles. The number of rotatable bonds is 3. The summed E-state index contributed by atoms with van der Waals surface area (Å²) in [7, 11) is 0. The normalized spacial score (nSPS) is 11.7. The fourth-order valence-electron chi connectivity index (χ4n) is 1.42. The van der Waals surface area contributed by atoms with Crippen LogP contribution in [0.4, 0.5) is 0 Å². The van der Waals surface area contributed by atoms with E-state index in [1.165, 1.54) is 5.56 Å². The summed E-state index contributed by atoms with van der Waals surface area (Å²) in [6, 6.07) is 4.04. The third kappa shape index (κ3) is 3.06. The second kappa shape index (κ2) is 4.87. The first kappa shape index (κ1) is 12.1. The summed E-state index contributed by atoms with van der Waals surface area (Å²) in [5.41, 5.74) is 1.21. The highest BCUT2D eigenvalue weighted by atomic mass is 32.2. The van der Waals surface area contributed by atoms with E-state index in [9.17, 15) is 0 Å². The van der Waals surface area contributed by atoms with E-state index in [2.05, 4.69) is 35.8 Å². The van der Waals surface area contributed by atoms with Crippen LogP contribution in [0.3, 0.4) is 0 Å². The third-order valence-electron chi connectivity index (χ3n) is 2.27. The van der Waals surface area contributed by atoms with Gasteiger partial charge in [0.2, 0.25) is 0 Å². The lowest BCUT2D eigenvalue weighted by molar-refractivity contribution is 0.326. The molecule has 0 saturated carbocycles. The average Bonchev–Trinajstić information content (AvgIpc) is 2.75. The molecular weight excluding hydrogens is 232 g/mol. The van der Waals surface area contributed by atoms with Crippen LogP contribution in [0.2, 0.25) is 0 Å². The minimum atomic E-state index is -0.0307. The van der Waals surface area contributed by atoms with Gasteiger partial charge in [-0.3, -0.25) is 4.98 Å². The maximum absolute atomic E-state index is 4.30.